The van der Waals surface area contributed by atoms with Crippen LogP contribution < -0.4 is 5.32 Å². The standard InChI is InChI=1S/C12H9ClF5N3O2S/c1-23-12(22)11-9(6-10(13)20-21-11)19-7-2-4-8(5-3-7)24(14,15,16,17)18/h2-6H,1H3,(H,19,20). The molecule has 0 aliphatic rings. The Hall–Kier alpha value is -2.14. The Labute approximate surface area is 137 Å². The lowest BCUT2D eigenvalue weighted by atomic mass is 10.2. The Morgan fingerprint density at radius 2 is 1.71 bits per heavy atom. The van der Waals surface area contributed by atoms with Crippen molar-refractivity contribution in [2.75, 3.05) is 12.4 Å². The maximum Gasteiger partial charge on any atom is 0.360 e. The van der Waals surface area contributed by atoms with E-state index in [1.54, 1.807) is 0 Å². The second-order valence-electron chi connectivity index (χ2n) is 4.54. The number of nitrogens with one attached hydrogen (secondary N) is 1. The van der Waals surface area contributed by atoms with E-state index in [2.05, 4.69) is 20.3 Å². The molecule has 12 heteroatoms. The van der Waals surface area contributed by atoms with Gasteiger partial charge < -0.3 is 10.1 Å². The number of ether oxygens (including phenoxy) is 1. The molecule has 132 valence electrons. The Balaban J connectivity index is 2.37. The van der Waals surface area contributed by atoms with E-state index in [0.29, 0.717) is 0 Å². The molecule has 5 nitrogen and oxygen atoms in total. The van der Waals surface area contributed by atoms with Crippen LogP contribution in [0.25, 0.3) is 0 Å². The van der Waals surface area contributed by atoms with E-state index in [1.807, 2.05) is 0 Å². The van der Waals surface area contributed by atoms with Gasteiger partial charge in [0.2, 0.25) is 0 Å². The fraction of sp³-hybridized carbons (Fsp3) is 0.0833. The lowest BCUT2D eigenvalue weighted by molar-refractivity contribution is 0.0594. The molecule has 1 aromatic heterocycles. The minimum absolute atomic E-state index is 0.00480. The van der Waals surface area contributed by atoms with Gasteiger partial charge >= 0.3 is 16.2 Å². The van der Waals surface area contributed by atoms with Crippen molar-refractivity contribution in [2.24, 2.45) is 0 Å². The molecular weight excluding hydrogens is 381 g/mol. The van der Waals surface area contributed by atoms with Crippen molar-refractivity contribution < 1.29 is 29.0 Å². The van der Waals surface area contributed by atoms with Crippen LogP contribution in [0, 0.1) is 0 Å². The van der Waals surface area contributed by atoms with Crippen LogP contribution in [-0.4, -0.2) is 23.3 Å². The van der Waals surface area contributed by atoms with E-state index in [9.17, 15) is 24.2 Å². The molecule has 0 aliphatic heterocycles. The van der Waals surface area contributed by atoms with Crippen molar-refractivity contribution >= 4 is 39.2 Å². The molecule has 0 radical (unpaired) electrons. The number of benzene rings is 1. The van der Waals surface area contributed by atoms with Crippen LogP contribution in [0.15, 0.2) is 35.2 Å². The Morgan fingerprint density at radius 1 is 1.12 bits per heavy atom. The number of esters is 1. The van der Waals surface area contributed by atoms with Gasteiger partial charge in [-0.05, 0) is 24.3 Å². The summed E-state index contributed by atoms with van der Waals surface area (Å²) in [7, 11) is -8.66. The monoisotopic (exact) mass is 389 g/mol. The zero-order chi connectivity index (χ0) is 18.2. The predicted molar refractivity (Wildman–Crippen MR) is 79.5 cm³/mol. The highest BCUT2D eigenvalue weighted by Gasteiger charge is 2.65. The van der Waals surface area contributed by atoms with E-state index >= 15 is 0 Å². The third-order valence-electron chi connectivity index (χ3n) is 2.72. The van der Waals surface area contributed by atoms with Crippen molar-refractivity contribution in [1.82, 2.24) is 10.2 Å². The van der Waals surface area contributed by atoms with Gasteiger partial charge in [-0.3, -0.25) is 0 Å². The van der Waals surface area contributed by atoms with Crippen LogP contribution in [0.1, 0.15) is 10.5 Å². The Bertz CT molecular complexity index is 799. The molecule has 1 aromatic carbocycles. The van der Waals surface area contributed by atoms with Gasteiger partial charge in [0, 0.05) is 11.8 Å². The maximum absolute atomic E-state index is 12.7. The molecule has 0 saturated heterocycles. The highest BCUT2D eigenvalue weighted by molar-refractivity contribution is 8.45. The highest BCUT2D eigenvalue weighted by atomic mass is 35.5. The number of halogens is 6. The van der Waals surface area contributed by atoms with Crippen LogP contribution >= 0.6 is 21.8 Å². The van der Waals surface area contributed by atoms with Crippen molar-refractivity contribution in [3.05, 3.63) is 41.2 Å². The summed E-state index contributed by atoms with van der Waals surface area (Å²) in [5, 5.41) is 9.40. The molecule has 0 saturated carbocycles. The smallest absolute Gasteiger partial charge is 0.360 e. The zero-order valence-corrected chi connectivity index (χ0v) is 13.3. The van der Waals surface area contributed by atoms with Crippen LogP contribution in [0.3, 0.4) is 0 Å². The fourth-order valence-corrected chi connectivity index (χ4v) is 2.46. The number of methoxy groups -OCH3 is 1. The molecular formula is C12H9ClF5N3O2S. The van der Waals surface area contributed by atoms with E-state index < -0.39 is 21.1 Å². The first-order valence-corrected chi connectivity index (χ1v) is 8.36. The molecule has 0 atom stereocenters. The van der Waals surface area contributed by atoms with Crippen LogP contribution in [-0.2, 0) is 4.74 Å². The van der Waals surface area contributed by atoms with Gasteiger partial charge in [-0.15, -0.1) is 10.2 Å². The summed E-state index contributed by atoms with van der Waals surface area (Å²) in [5.74, 6) is -0.870. The largest absolute Gasteiger partial charge is 0.464 e. The second-order valence-corrected chi connectivity index (χ2v) is 7.34. The van der Waals surface area contributed by atoms with Crippen molar-refractivity contribution in [3.8, 4) is 0 Å². The van der Waals surface area contributed by atoms with Gasteiger partial charge in [-0.2, -0.15) is 0 Å². The van der Waals surface area contributed by atoms with Crippen LogP contribution in [0.4, 0.5) is 30.8 Å². The van der Waals surface area contributed by atoms with Crippen LogP contribution in [0.5, 0.6) is 0 Å². The van der Waals surface area contributed by atoms with Gasteiger partial charge in [-0.1, -0.05) is 31.0 Å². The third-order valence-corrected chi connectivity index (χ3v) is 4.07. The Morgan fingerprint density at radius 3 is 2.21 bits per heavy atom. The van der Waals surface area contributed by atoms with Crippen molar-refractivity contribution in [3.63, 3.8) is 0 Å². The van der Waals surface area contributed by atoms with Gasteiger partial charge in [0.25, 0.3) is 0 Å². The highest BCUT2D eigenvalue weighted by Crippen LogP contribution is 3.02. The summed E-state index contributed by atoms with van der Waals surface area (Å²) in [6, 6.07) is 3.21. The minimum atomic E-state index is -9.74. The zero-order valence-electron chi connectivity index (χ0n) is 11.8. The number of hydrogen-bond acceptors (Lipinski definition) is 5. The molecule has 0 bridgehead atoms. The first-order valence-electron chi connectivity index (χ1n) is 6.03. The minimum Gasteiger partial charge on any atom is -0.464 e. The fourth-order valence-electron chi connectivity index (χ4n) is 1.66. The molecule has 2 aromatic rings. The number of aromatic nitrogens is 2. The van der Waals surface area contributed by atoms with Crippen LogP contribution in [0.2, 0.25) is 5.15 Å². The summed E-state index contributed by atoms with van der Waals surface area (Å²) in [5.41, 5.74) is -0.296. The first-order chi connectivity index (χ1) is 10.8. The number of nitrogens with zero attached hydrogens (tertiary/aromatic N) is 2. The van der Waals surface area contributed by atoms with E-state index in [4.69, 9.17) is 11.6 Å². The number of anilines is 2. The van der Waals surface area contributed by atoms with Crippen molar-refractivity contribution in [1.29, 1.82) is 0 Å². The summed E-state index contributed by atoms with van der Waals surface area (Å²) in [6.45, 7) is 0. The molecule has 0 amide bonds. The summed E-state index contributed by atoms with van der Waals surface area (Å²) < 4.78 is 67.8. The predicted octanol–water partition coefficient (Wildman–Crippen LogP) is 5.32. The molecule has 1 heterocycles. The SMILES string of the molecule is COC(=O)c1nnc(Cl)cc1Nc1ccc(S(F)(F)(F)(F)F)cc1. The van der Waals surface area contributed by atoms with Gasteiger partial charge in [0.15, 0.2) is 10.8 Å². The molecule has 24 heavy (non-hydrogen) atoms. The number of hydrogen-bond donors (Lipinski definition) is 1. The van der Waals surface area contributed by atoms with E-state index in [0.717, 1.165) is 19.2 Å². The Kier molecular flexibility index (Phi) is 3.93. The summed E-state index contributed by atoms with van der Waals surface area (Å²) in [6.07, 6.45) is 0. The second kappa shape index (κ2) is 5.18. The number of rotatable bonds is 4. The average molecular weight is 390 g/mol. The summed E-state index contributed by atoms with van der Waals surface area (Å²) >= 11 is 5.64. The van der Waals surface area contributed by atoms with Gasteiger partial charge in [-0.25, -0.2) is 4.79 Å². The quantitative estimate of drug-likeness (QED) is 0.566. The molecule has 0 unspecified atom stereocenters. The van der Waals surface area contributed by atoms with Crippen molar-refractivity contribution in [2.45, 2.75) is 4.90 Å². The van der Waals surface area contributed by atoms with Gasteiger partial charge in [0.1, 0.15) is 4.90 Å². The topological polar surface area (TPSA) is 64.1 Å². The van der Waals surface area contributed by atoms with E-state index in [1.165, 1.54) is 6.07 Å². The third kappa shape index (κ3) is 4.23. The molecule has 0 aliphatic carbocycles. The maximum atomic E-state index is 12.7. The number of carbonyl (C=O) groups excluding carboxylic acids is 1. The molecule has 0 spiro atoms. The lowest BCUT2D eigenvalue weighted by Gasteiger charge is -2.40. The van der Waals surface area contributed by atoms with E-state index in [-0.39, 0.29) is 34.4 Å². The molecule has 2 rings (SSSR count). The molecule has 1 N–H and O–H groups in total. The summed E-state index contributed by atoms with van der Waals surface area (Å²) in [4.78, 5) is 9.53. The lowest BCUT2D eigenvalue weighted by Crippen LogP contribution is -2.10. The number of carbonyl (C=O) groups is 1. The van der Waals surface area contributed by atoms with Gasteiger partial charge in [0.05, 0.1) is 12.8 Å². The molecule has 0 fully saturated rings. The normalized spacial score (nSPS) is 14.5. The average Bonchev–Trinajstić information content (AvgIpc) is 2.45. The first kappa shape index (κ1) is 18.2.